The van der Waals surface area contributed by atoms with Crippen molar-refractivity contribution in [2.24, 2.45) is 0 Å². The summed E-state index contributed by atoms with van der Waals surface area (Å²) in [6.07, 6.45) is 3.33. The molecule has 10 heteroatoms. The van der Waals surface area contributed by atoms with Crippen LogP contribution in [-0.2, 0) is 28.9 Å². The van der Waals surface area contributed by atoms with Crippen LogP contribution in [0.1, 0.15) is 31.0 Å². The number of aromatic nitrogens is 2. The summed E-state index contributed by atoms with van der Waals surface area (Å²) in [4.78, 5) is 44.3. The maximum absolute atomic E-state index is 12.6. The Kier molecular flexibility index (Phi) is 7.54. The van der Waals surface area contributed by atoms with Crippen LogP contribution < -0.4 is 5.69 Å². The molecule has 9 nitrogen and oxygen atoms in total. The molecular weight excluding hydrogens is 396 g/mol. The summed E-state index contributed by atoms with van der Waals surface area (Å²) in [5.41, 5.74) is 1.62. The van der Waals surface area contributed by atoms with E-state index in [1.54, 1.807) is 21.3 Å². The summed E-state index contributed by atoms with van der Waals surface area (Å²) in [6.45, 7) is 4.12. The lowest BCUT2D eigenvalue weighted by atomic mass is 9.97. The lowest BCUT2D eigenvalue weighted by Crippen LogP contribution is -2.51. The molecule has 2 heterocycles. The van der Waals surface area contributed by atoms with E-state index in [9.17, 15) is 19.5 Å². The highest BCUT2D eigenvalue weighted by Gasteiger charge is 2.26. The fraction of sp³-hybridized carbons (Fsp3) is 0.684. The van der Waals surface area contributed by atoms with Crippen LogP contribution in [0.2, 0.25) is 0 Å². The van der Waals surface area contributed by atoms with Crippen molar-refractivity contribution in [1.82, 2.24) is 19.4 Å². The van der Waals surface area contributed by atoms with E-state index >= 15 is 0 Å². The number of nitrogens with zero attached hydrogens (tertiary/aromatic N) is 4. The SMILES string of the molecule is CCOC(=O)N1CCN(C(=O)CSc2nc(=O)n(CCO)c3c2CCCC3)CC1. The molecule has 2 amide bonds. The minimum atomic E-state index is -0.363. The summed E-state index contributed by atoms with van der Waals surface area (Å²) in [7, 11) is 0. The monoisotopic (exact) mass is 424 g/mol. The number of hydrogen-bond donors (Lipinski definition) is 1. The maximum Gasteiger partial charge on any atom is 0.409 e. The molecule has 1 saturated heterocycles. The van der Waals surface area contributed by atoms with Crippen molar-refractivity contribution >= 4 is 23.8 Å². The smallest absolute Gasteiger partial charge is 0.409 e. The van der Waals surface area contributed by atoms with Crippen molar-refractivity contribution in [2.75, 3.05) is 45.1 Å². The molecule has 1 aliphatic carbocycles. The topological polar surface area (TPSA) is 105 Å². The molecular formula is C19H28N4O5S. The first-order chi connectivity index (χ1) is 14.0. The zero-order valence-corrected chi connectivity index (χ0v) is 17.6. The third kappa shape index (κ3) is 5.11. The fourth-order valence-electron chi connectivity index (χ4n) is 3.77. The van der Waals surface area contributed by atoms with E-state index in [0.29, 0.717) is 37.8 Å². The van der Waals surface area contributed by atoms with Gasteiger partial charge in [-0.25, -0.2) is 9.59 Å². The number of rotatable bonds is 6. The number of fused-ring (bicyclic) bond motifs is 1. The second-order valence-corrected chi connectivity index (χ2v) is 8.03. The molecule has 0 atom stereocenters. The van der Waals surface area contributed by atoms with Gasteiger partial charge in [0.1, 0.15) is 5.03 Å². The second kappa shape index (κ2) is 10.1. The summed E-state index contributed by atoms with van der Waals surface area (Å²) in [5.74, 6) is 0.187. The van der Waals surface area contributed by atoms with Gasteiger partial charge in [-0.05, 0) is 32.6 Å². The van der Waals surface area contributed by atoms with Gasteiger partial charge in [-0.3, -0.25) is 9.36 Å². The molecule has 3 rings (SSSR count). The van der Waals surface area contributed by atoms with Gasteiger partial charge in [0, 0.05) is 37.4 Å². The number of thioether (sulfide) groups is 1. The fourth-order valence-corrected chi connectivity index (χ4v) is 4.75. The molecule has 1 aliphatic heterocycles. The third-order valence-corrected chi connectivity index (χ3v) is 6.27. The van der Waals surface area contributed by atoms with Crippen LogP contribution in [0.15, 0.2) is 9.82 Å². The Morgan fingerprint density at radius 1 is 1.14 bits per heavy atom. The summed E-state index contributed by atoms with van der Waals surface area (Å²) < 4.78 is 6.56. The van der Waals surface area contributed by atoms with E-state index in [2.05, 4.69) is 4.98 Å². The Morgan fingerprint density at radius 2 is 1.83 bits per heavy atom. The third-order valence-electron chi connectivity index (χ3n) is 5.27. The van der Waals surface area contributed by atoms with Gasteiger partial charge in [0.2, 0.25) is 5.91 Å². The molecule has 0 bridgehead atoms. The highest BCUT2D eigenvalue weighted by Crippen LogP contribution is 2.28. The Morgan fingerprint density at radius 3 is 2.52 bits per heavy atom. The minimum Gasteiger partial charge on any atom is -0.450 e. The Bertz CT molecular complexity index is 805. The van der Waals surface area contributed by atoms with Gasteiger partial charge in [-0.15, -0.1) is 0 Å². The number of hydrogen-bond acceptors (Lipinski definition) is 7. The van der Waals surface area contributed by atoms with E-state index in [1.165, 1.54) is 11.8 Å². The number of aliphatic hydroxyl groups excluding tert-OH is 1. The Labute approximate surface area is 174 Å². The number of aliphatic hydroxyl groups is 1. The van der Waals surface area contributed by atoms with Crippen molar-refractivity contribution in [3.8, 4) is 0 Å². The highest BCUT2D eigenvalue weighted by molar-refractivity contribution is 7.99. The van der Waals surface area contributed by atoms with Crippen LogP contribution in [0.4, 0.5) is 4.79 Å². The van der Waals surface area contributed by atoms with Crippen LogP contribution in [-0.4, -0.2) is 81.6 Å². The number of ether oxygens (including phenoxy) is 1. The molecule has 0 unspecified atom stereocenters. The predicted octanol–water partition coefficient (Wildman–Crippen LogP) is 0.507. The van der Waals surface area contributed by atoms with Crippen LogP contribution >= 0.6 is 11.8 Å². The summed E-state index contributed by atoms with van der Waals surface area (Å²) in [6, 6.07) is 0. The molecule has 1 fully saturated rings. The average Bonchev–Trinajstić information content (AvgIpc) is 2.74. The maximum atomic E-state index is 12.6. The first-order valence-corrected chi connectivity index (χ1v) is 11.1. The molecule has 0 spiro atoms. The van der Waals surface area contributed by atoms with Gasteiger partial charge in [0.25, 0.3) is 0 Å². The normalized spacial score (nSPS) is 16.5. The van der Waals surface area contributed by atoms with Crippen molar-refractivity contribution in [2.45, 2.75) is 44.2 Å². The molecule has 2 aliphatic rings. The van der Waals surface area contributed by atoms with E-state index in [4.69, 9.17) is 4.74 Å². The Hall–Kier alpha value is -2.07. The van der Waals surface area contributed by atoms with E-state index in [0.717, 1.165) is 36.9 Å². The lowest BCUT2D eigenvalue weighted by Gasteiger charge is -2.34. The largest absolute Gasteiger partial charge is 0.450 e. The zero-order valence-electron chi connectivity index (χ0n) is 16.8. The Balaban J connectivity index is 1.62. The summed E-state index contributed by atoms with van der Waals surface area (Å²) in [5, 5.41) is 9.88. The number of piperazine rings is 1. The number of carbonyl (C=O) groups excluding carboxylic acids is 2. The lowest BCUT2D eigenvalue weighted by molar-refractivity contribution is -0.129. The van der Waals surface area contributed by atoms with Crippen molar-refractivity contribution in [1.29, 1.82) is 0 Å². The quantitative estimate of drug-likeness (QED) is 0.524. The molecule has 0 radical (unpaired) electrons. The molecule has 1 aromatic rings. The van der Waals surface area contributed by atoms with Gasteiger partial charge in [-0.1, -0.05) is 11.8 Å². The number of amides is 2. The summed E-state index contributed by atoms with van der Waals surface area (Å²) >= 11 is 1.31. The van der Waals surface area contributed by atoms with Crippen LogP contribution in [0, 0.1) is 0 Å². The van der Waals surface area contributed by atoms with Crippen molar-refractivity contribution < 1.29 is 19.4 Å². The molecule has 29 heavy (non-hydrogen) atoms. The van der Waals surface area contributed by atoms with Crippen molar-refractivity contribution in [3.05, 3.63) is 21.7 Å². The molecule has 1 aromatic heterocycles. The van der Waals surface area contributed by atoms with Crippen LogP contribution in [0.5, 0.6) is 0 Å². The molecule has 1 N–H and O–H groups in total. The molecule has 0 aromatic carbocycles. The van der Waals surface area contributed by atoms with E-state index < -0.39 is 0 Å². The van der Waals surface area contributed by atoms with Crippen LogP contribution in [0.3, 0.4) is 0 Å². The van der Waals surface area contributed by atoms with Gasteiger partial charge in [0.15, 0.2) is 0 Å². The van der Waals surface area contributed by atoms with Gasteiger partial charge in [-0.2, -0.15) is 4.98 Å². The minimum absolute atomic E-state index is 0.0237. The van der Waals surface area contributed by atoms with Gasteiger partial charge in [0.05, 0.1) is 25.5 Å². The van der Waals surface area contributed by atoms with Crippen LogP contribution in [0.25, 0.3) is 0 Å². The molecule has 0 saturated carbocycles. The average molecular weight is 425 g/mol. The first-order valence-electron chi connectivity index (χ1n) is 10.1. The van der Waals surface area contributed by atoms with E-state index in [-0.39, 0.29) is 36.6 Å². The second-order valence-electron chi connectivity index (χ2n) is 7.06. The van der Waals surface area contributed by atoms with Crippen molar-refractivity contribution in [3.63, 3.8) is 0 Å². The zero-order chi connectivity index (χ0) is 20.8. The highest BCUT2D eigenvalue weighted by atomic mass is 32.2. The standard InChI is InChI=1S/C19H28N4O5S/c1-2-28-19(27)22-9-7-21(8-10-22)16(25)13-29-17-14-5-3-4-6-15(14)23(11-12-24)18(26)20-17/h24H,2-13H2,1H3. The van der Waals surface area contributed by atoms with Gasteiger partial charge >= 0.3 is 11.8 Å². The first kappa shape index (κ1) is 21.6. The van der Waals surface area contributed by atoms with E-state index in [1.807, 2.05) is 0 Å². The van der Waals surface area contributed by atoms with Gasteiger partial charge < -0.3 is 19.6 Å². The predicted molar refractivity (Wildman–Crippen MR) is 108 cm³/mol. The number of carbonyl (C=O) groups is 2. The molecule has 160 valence electrons.